The molecule has 3 atom stereocenters. The van der Waals surface area contributed by atoms with E-state index in [0.29, 0.717) is 6.61 Å². The quantitative estimate of drug-likeness (QED) is 0.569. The van der Waals surface area contributed by atoms with Crippen LogP contribution in [0.25, 0.3) is 0 Å². The maximum absolute atomic E-state index is 12.6. The minimum atomic E-state index is -1.95. The van der Waals surface area contributed by atoms with Crippen LogP contribution in [-0.4, -0.2) is 43.5 Å². The highest BCUT2D eigenvalue weighted by Gasteiger charge is 2.53. The molecule has 136 valence electrons. The summed E-state index contributed by atoms with van der Waals surface area (Å²) in [5.41, 5.74) is -0.628. The average molecular weight is 354 g/mol. The van der Waals surface area contributed by atoms with Crippen molar-refractivity contribution in [2.45, 2.75) is 71.3 Å². The van der Waals surface area contributed by atoms with Crippen LogP contribution in [0.15, 0.2) is 12.2 Å². The second kappa shape index (κ2) is 5.99. The molecule has 1 heterocycles. The molecular formula is C18H31NO4Si. The number of hydrogen-bond acceptors (Lipinski definition) is 4. The van der Waals surface area contributed by atoms with Crippen molar-refractivity contribution in [2.24, 2.45) is 11.8 Å². The monoisotopic (exact) mass is 353 g/mol. The Morgan fingerprint density at radius 3 is 2.17 bits per heavy atom. The fraction of sp³-hybridized carbons (Fsp3) is 0.778. The summed E-state index contributed by atoms with van der Waals surface area (Å²) in [6.07, 6.45) is 3.32. The van der Waals surface area contributed by atoms with Crippen LogP contribution >= 0.6 is 0 Å². The molecule has 2 amide bonds. The number of carbonyl (C=O) groups is 2. The van der Waals surface area contributed by atoms with Crippen LogP contribution in [-0.2, 0) is 14.0 Å². The van der Waals surface area contributed by atoms with Gasteiger partial charge in [0.15, 0.2) is 8.32 Å². The van der Waals surface area contributed by atoms with E-state index in [1.54, 1.807) is 20.8 Å². The van der Waals surface area contributed by atoms with Gasteiger partial charge in [-0.2, -0.15) is 0 Å². The Balaban J connectivity index is 2.15. The topological polar surface area (TPSA) is 55.8 Å². The van der Waals surface area contributed by atoms with Crippen LogP contribution in [0, 0.1) is 11.8 Å². The largest absolute Gasteiger partial charge is 0.443 e. The lowest BCUT2D eigenvalue weighted by Crippen LogP contribution is -2.49. The molecule has 0 N–H and O–H groups in total. The summed E-state index contributed by atoms with van der Waals surface area (Å²) in [7, 11) is -1.95. The standard InChI is InChI=1S/C18H31NO4Si/c1-17(2,3)23-16(21)19-14(12-9-10-13(12)15(19)20)11-22-24(7,8)18(4,5)6/h9-10,12-14H,11H2,1-8H3/t12-,13+,14-/m1/s1. The van der Waals surface area contributed by atoms with Crippen molar-refractivity contribution >= 4 is 20.3 Å². The maximum atomic E-state index is 12.6. The zero-order valence-electron chi connectivity index (χ0n) is 16.2. The van der Waals surface area contributed by atoms with Gasteiger partial charge in [-0.25, -0.2) is 9.69 Å². The molecule has 0 saturated carbocycles. The molecule has 0 spiro atoms. The van der Waals surface area contributed by atoms with Crippen molar-refractivity contribution in [3.05, 3.63) is 12.2 Å². The molecule has 5 nitrogen and oxygen atoms in total. The van der Waals surface area contributed by atoms with Gasteiger partial charge in [-0.1, -0.05) is 32.9 Å². The second-order valence-corrected chi connectivity index (χ2v) is 14.1. The lowest BCUT2D eigenvalue weighted by Gasteiger charge is -2.38. The first-order valence-electron chi connectivity index (χ1n) is 8.63. The number of likely N-dealkylation sites (tertiary alicyclic amines) is 1. The van der Waals surface area contributed by atoms with Gasteiger partial charge in [0, 0.05) is 5.92 Å². The predicted molar refractivity (Wildman–Crippen MR) is 96.1 cm³/mol. The van der Waals surface area contributed by atoms with Crippen LogP contribution in [0.2, 0.25) is 18.1 Å². The van der Waals surface area contributed by atoms with E-state index in [-0.39, 0.29) is 28.8 Å². The third-order valence-electron chi connectivity index (χ3n) is 5.27. The number of nitrogens with zero attached hydrogens (tertiary/aromatic N) is 1. The molecule has 0 radical (unpaired) electrons. The Morgan fingerprint density at radius 2 is 1.75 bits per heavy atom. The van der Waals surface area contributed by atoms with Crippen LogP contribution in [0.1, 0.15) is 41.5 Å². The molecule has 1 saturated heterocycles. The first kappa shape index (κ1) is 19.2. The summed E-state index contributed by atoms with van der Waals surface area (Å²) in [6.45, 7) is 16.7. The van der Waals surface area contributed by atoms with E-state index in [4.69, 9.17) is 9.16 Å². The Hall–Kier alpha value is -1.14. The third-order valence-corrected chi connectivity index (χ3v) is 9.77. The van der Waals surface area contributed by atoms with Gasteiger partial charge in [-0.15, -0.1) is 0 Å². The first-order chi connectivity index (χ1) is 10.7. The summed E-state index contributed by atoms with van der Waals surface area (Å²) in [5.74, 6) is -0.319. The van der Waals surface area contributed by atoms with E-state index < -0.39 is 20.0 Å². The lowest BCUT2D eigenvalue weighted by atomic mass is 9.81. The first-order valence-corrected chi connectivity index (χ1v) is 11.5. The molecule has 6 heteroatoms. The summed E-state index contributed by atoms with van der Waals surface area (Å²) >= 11 is 0. The van der Waals surface area contributed by atoms with Gasteiger partial charge in [-0.3, -0.25) is 4.79 Å². The highest BCUT2D eigenvalue weighted by Crippen LogP contribution is 2.42. The Morgan fingerprint density at radius 1 is 1.17 bits per heavy atom. The molecule has 1 aliphatic carbocycles. The van der Waals surface area contributed by atoms with Gasteiger partial charge in [-0.05, 0) is 38.9 Å². The molecule has 0 aromatic heterocycles. The molecule has 0 bridgehead atoms. The summed E-state index contributed by atoms with van der Waals surface area (Å²) < 4.78 is 11.7. The van der Waals surface area contributed by atoms with Crippen LogP contribution in [0.5, 0.6) is 0 Å². The summed E-state index contributed by atoms with van der Waals surface area (Å²) in [4.78, 5) is 26.4. The Kier molecular flexibility index (Phi) is 4.78. The van der Waals surface area contributed by atoms with E-state index in [0.717, 1.165) is 0 Å². The Bertz CT molecular complexity index is 556. The normalized spacial score (nSPS) is 27.1. The average Bonchev–Trinajstić information content (AvgIpc) is 2.48. The van der Waals surface area contributed by atoms with Crippen LogP contribution in [0.4, 0.5) is 4.79 Å². The number of hydrogen-bond donors (Lipinski definition) is 0. The van der Waals surface area contributed by atoms with E-state index >= 15 is 0 Å². The molecule has 0 unspecified atom stereocenters. The predicted octanol–water partition coefficient (Wildman–Crippen LogP) is 3.96. The Labute approximate surface area is 146 Å². The third kappa shape index (κ3) is 3.59. The minimum absolute atomic E-state index is 0.0507. The van der Waals surface area contributed by atoms with Crippen molar-refractivity contribution in [3.63, 3.8) is 0 Å². The van der Waals surface area contributed by atoms with E-state index in [2.05, 4.69) is 33.9 Å². The highest BCUT2D eigenvalue weighted by molar-refractivity contribution is 6.74. The second-order valence-electron chi connectivity index (χ2n) is 9.32. The number of amides is 2. The van der Waals surface area contributed by atoms with Gasteiger partial charge in [0.05, 0.1) is 18.6 Å². The zero-order valence-corrected chi connectivity index (χ0v) is 17.2. The molecule has 24 heavy (non-hydrogen) atoms. The van der Waals surface area contributed by atoms with Gasteiger partial charge in [0.25, 0.3) is 0 Å². The highest BCUT2D eigenvalue weighted by atomic mass is 28.4. The molecule has 2 aliphatic rings. The van der Waals surface area contributed by atoms with Gasteiger partial charge in [0.2, 0.25) is 5.91 Å². The SMILES string of the molecule is CC(C)(C)OC(=O)N1C(=O)[C@H]2C=C[C@H]2[C@H]1CO[Si](C)(C)C(C)(C)C. The maximum Gasteiger partial charge on any atom is 0.417 e. The molecule has 1 fully saturated rings. The van der Waals surface area contributed by atoms with Crippen LogP contribution in [0.3, 0.4) is 0 Å². The summed E-state index contributed by atoms with van der Waals surface area (Å²) in [6, 6.07) is -0.267. The number of carbonyl (C=O) groups excluding carboxylic acids is 2. The number of ether oxygens (including phenoxy) is 1. The molecule has 1 aliphatic heterocycles. The van der Waals surface area contributed by atoms with Crippen LogP contribution < -0.4 is 0 Å². The molecule has 2 rings (SSSR count). The van der Waals surface area contributed by atoms with Crippen molar-refractivity contribution in [1.82, 2.24) is 4.90 Å². The van der Waals surface area contributed by atoms with E-state index in [1.165, 1.54) is 4.90 Å². The van der Waals surface area contributed by atoms with Gasteiger partial charge >= 0.3 is 6.09 Å². The molecule has 0 aromatic rings. The van der Waals surface area contributed by atoms with E-state index in [1.807, 2.05) is 12.2 Å². The van der Waals surface area contributed by atoms with Crippen molar-refractivity contribution in [2.75, 3.05) is 6.61 Å². The fourth-order valence-electron chi connectivity index (χ4n) is 2.69. The van der Waals surface area contributed by atoms with Gasteiger partial charge < -0.3 is 9.16 Å². The number of fused-ring (bicyclic) bond motifs is 1. The number of imide groups is 1. The minimum Gasteiger partial charge on any atom is -0.443 e. The fourth-order valence-corrected chi connectivity index (χ4v) is 3.71. The van der Waals surface area contributed by atoms with Crippen molar-refractivity contribution < 1.29 is 18.8 Å². The zero-order chi connectivity index (χ0) is 18.5. The van der Waals surface area contributed by atoms with E-state index in [9.17, 15) is 9.59 Å². The van der Waals surface area contributed by atoms with Crippen molar-refractivity contribution in [3.8, 4) is 0 Å². The number of rotatable bonds is 3. The molecular weight excluding hydrogens is 322 g/mol. The molecule has 0 aromatic carbocycles. The summed E-state index contributed by atoms with van der Waals surface area (Å²) in [5, 5.41) is 0.0845. The smallest absolute Gasteiger partial charge is 0.417 e. The van der Waals surface area contributed by atoms with Gasteiger partial charge in [0.1, 0.15) is 5.60 Å². The van der Waals surface area contributed by atoms with Crippen molar-refractivity contribution in [1.29, 1.82) is 0 Å². The lowest BCUT2D eigenvalue weighted by molar-refractivity contribution is -0.130.